The number of benzene rings is 1. The van der Waals surface area contributed by atoms with Crippen LogP contribution in [0, 0.1) is 13.8 Å². The van der Waals surface area contributed by atoms with E-state index in [1.807, 2.05) is 6.92 Å². The van der Waals surface area contributed by atoms with Gasteiger partial charge in [0.1, 0.15) is 0 Å². The molecule has 2 N–H and O–H groups in total. The van der Waals surface area contributed by atoms with E-state index in [9.17, 15) is 9.59 Å². The molecule has 0 aliphatic heterocycles. The van der Waals surface area contributed by atoms with Crippen LogP contribution in [0.3, 0.4) is 0 Å². The van der Waals surface area contributed by atoms with Crippen LogP contribution in [0.5, 0.6) is 0 Å². The second-order valence-corrected chi connectivity index (χ2v) is 4.53. The normalized spacial score (nSPS) is 10.8. The van der Waals surface area contributed by atoms with E-state index in [0.717, 1.165) is 11.6 Å². The van der Waals surface area contributed by atoms with Crippen LogP contribution in [0.4, 0.5) is 5.88 Å². The molecular weight excluding hydrogens is 272 g/mol. The molecule has 0 radical (unpaired) electrons. The fraction of sp³-hybridized carbons (Fsp3) is 0.133. The number of carbonyl (C=O) groups excluding carboxylic acids is 1. The molecule has 6 nitrogen and oxygen atoms in total. The van der Waals surface area contributed by atoms with Crippen LogP contribution in [0.25, 0.3) is 6.08 Å². The lowest BCUT2D eigenvalue weighted by atomic mass is 10.0. The Morgan fingerprint density at radius 1 is 1.29 bits per heavy atom. The lowest BCUT2D eigenvalue weighted by Gasteiger charge is -2.05. The summed E-state index contributed by atoms with van der Waals surface area (Å²) in [6.07, 6.45) is 2.48. The van der Waals surface area contributed by atoms with Crippen LogP contribution in [0.1, 0.15) is 27.2 Å². The van der Waals surface area contributed by atoms with Crippen LogP contribution >= 0.6 is 0 Å². The molecular formula is C15H14N2O4. The molecule has 1 amide bonds. The van der Waals surface area contributed by atoms with Gasteiger partial charge in [0.2, 0.25) is 5.88 Å². The summed E-state index contributed by atoms with van der Waals surface area (Å²) in [5.41, 5.74) is 2.61. The largest absolute Gasteiger partial charge is 0.478 e. The molecule has 1 aromatic heterocycles. The lowest BCUT2D eigenvalue weighted by molar-refractivity contribution is -0.131. The number of amides is 1. The van der Waals surface area contributed by atoms with Gasteiger partial charge in [0, 0.05) is 17.7 Å². The standard InChI is InChI=1S/C15H14N2O4/c1-9-3-4-12(8-11(9)5-6-14(18)19)15(20)16-13-7-10(2)17-21-13/h3-8H,1-2H3,(H,16,20)(H,18,19)/b6-5+. The quantitative estimate of drug-likeness (QED) is 0.843. The van der Waals surface area contributed by atoms with Crippen molar-refractivity contribution in [3.63, 3.8) is 0 Å². The van der Waals surface area contributed by atoms with Gasteiger partial charge in [-0.2, -0.15) is 0 Å². The number of carboxylic acid groups (broad SMARTS) is 1. The topological polar surface area (TPSA) is 92.4 Å². The molecule has 0 aliphatic rings. The number of aliphatic carboxylic acids is 1. The third-order valence-electron chi connectivity index (χ3n) is 2.81. The Balaban J connectivity index is 2.21. The maximum absolute atomic E-state index is 12.1. The Morgan fingerprint density at radius 2 is 2.05 bits per heavy atom. The molecule has 0 saturated carbocycles. The van der Waals surface area contributed by atoms with Crippen LogP contribution < -0.4 is 5.32 Å². The second kappa shape index (κ2) is 6.04. The Bertz CT molecular complexity index is 716. The smallest absolute Gasteiger partial charge is 0.328 e. The average molecular weight is 286 g/mol. The maximum atomic E-state index is 12.1. The highest BCUT2D eigenvalue weighted by molar-refractivity contribution is 6.04. The summed E-state index contributed by atoms with van der Waals surface area (Å²) in [5, 5.41) is 14.9. The number of aryl methyl sites for hydroxylation is 2. The van der Waals surface area contributed by atoms with E-state index in [1.54, 1.807) is 31.2 Å². The number of carbonyl (C=O) groups is 2. The molecule has 2 aromatic rings. The van der Waals surface area contributed by atoms with Gasteiger partial charge in [-0.1, -0.05) is 11.2 Å². The minimum Gasteiger partial charge on any atom is -0.478 e. The van der Waals surface area contributed by atoms with E-state index in [-0.39, 0.29) is 11.8 Å². The first kappa shape index (κ1) is 14.5. The first-order valence-corrected chi connectivity index (χ1v) is 6.22. The minimum absolute atomic E-state index is 0.265. The zero-order valence-electron chi connectivity index (χ0n) is 11.6. The zero-order valence-corrected chi connectivity index (χ0v) is 11.6. The van der Waals surface area contributed by atoms with Crippen molar-refractivity contribution in [2.24, 2.45) is 0 Å². The maximum Gasteiger partial charge on any atom is 0.328 e. The van der Waals surface area contributed by atoms with Crippen molar-refractivity contribution < 1.29 is 19.2 Å². The summed E-state index contributed by atoms with van der Waals surface area (Å²) in [5.74, 6) is -1.13. The van der Waals surface area contributed by atoms with E-state index < -0.39 is 5.97 Å². The third kappa shape index (κ3) is 3.79. The fourth-order valence-corrected chi connectivity index (χ4v) is 1.73. The number of carboxylic acids is 1. The van der Waals surface area contributed by atoms with Crippen LogP contribution in [-0.2, 0) is 4.79 Å². The van der Waals surface area contributed by atoms with E-state index in [0.29, 0.717) is 16.8 Å². The highest BCUT2D eigenvalue weighted by Crippen LogP contribution is 2.15. The van der Waals surface area contributed by atoms with Gasteiger partial charge in [0.05, 0.1) is 5.69 Å². The van der Waals surface area contributed by atoms with Gasteiger partial charge >= 0.3 is 5.97 Å². The molecule has 0 fully saturated rings. The molecule has 6 heteroatoms. The van der Waals surface area contributed by atoms with Crippen LogP contribution in [-0.4, -0.2) is 22.1 Å². The highest BCUT2D eigenvalue weighted by atomic mass is 16.5. The average Bonchev–Trinajstić information content (AvgIpc) is 2.83. The van der Waals surface area contributed by atoms with Crippen molar-refractivity contribution in [3.05, 3.63) is 52.7 Å². The third-order valence-corrected chi connectivity index (χ3v) is 2.81. The molecule has 1 aromatic carbocycles. The fourth-order valence-electron chi connectivity index (χ4n) is 1.73. The summed E-state index contributed by atoms with van der Waals surface area (Å²) >= 11 is 0. The van der Waals surface area contributed by atoms with Gasteiger partial charge in [-0.15, -0.1) is 0 Å². The number of nitrogens with one attached hydrogen (secondary N) is 1. The molecule has 21 heavy (non-hydrogen) atoms. The Labute approximate surface area is 121 Å². The molecule has 1 heterocycles. The number of anilines is 1. The SMILES string of the molecule is Cc1cc(NC(=O)c2ccc(C)c(/C=C/C(=O)O)c2)on1. The summed E-state index contributed by atoms with van der Waals surface area (Å²) in [7, 11) is 0. The molecule has 0 aliphatic carbocycles. The predicted octanol–water partition coefficient (Wildman–Crippen LogP) is 2.64. The van der Waals surface area contributed by atoms with Gasteiger partial charge in [-0.25, -0.2) is 4.79 Å². The van der Waals surface area contributed by atoms with Crippen molar-refractivity contribution in [2.45, 2.75) is 13.8 Å². The molecule has 0 atom stereocenters. The van der Waals surface area contributed by atoms with Crippen molar-refractivity contribution in [1.82, 2.24) is 5.16 Å². The molecule has 108 valence electrons. The van der Waals surface area contributed by atoms with Crippen molar-refractivity contribution in [2.75, 3.05) is 5.32 Å². The van der Waals surface area contributed by atoms with Gasteiger partial charge < -0.3 is 9.63 Å². The molecule has 0 spiro atoms. The number of rotatable bonds is 4. The molecule has 2 rings (SSSR count). The summed E-state index contributed by atoms with van der Waals surface area (Å²) in [6.45, 7) is 3.59. The summed E-state index contributed by atoms with van der Waals surface area (Å²) in [4.78, 5) is 22.6. The van der Waals surface area contributed by atoms with E-state index in [2.05, 4.69) is 10.5 Å². The first-order valence-electron chi connectivity index (χ1n) is 6.22. The van der Waals surface area contributed by atoms with Crippen LogP contribution in [0.2, 0.25) is 0 Å². The Hall–Kier alpha value is -2.89. The minimum atomic E-state index is -1.04. The van der Waals surface area contributed by atoms with Gasteiger partial charge in [-0.05, 0) is 43.2 Å². The predicted molar refractivity (Wildman–Crippen MR) is 77.0 cm³/mol. The lowest BCUT2D eigenvalue weighted by Crippen LogP contribution is -2.11. The molecule has 0 saturated heterocycles. The Kier molecular flexibility index (Phi) is 4.18. The van der Waals surface area contributed by atoms with E-state index >= 15 is 0 Å². The zero-order chi connectivity index (χ0) is 15.4. The second-order valence-electron chi connectivity index (χ2n) is 4.53. The number of hydrogen-bond donors (Lipinski definition) is 2. The van der Waals surface area contributed by atoms with E-state index in [4.69, 9.17) is 9.63 Å². The number of nitrogens with zero attached hydrogens (tertiary/aromatic N) is 1. The molecule has 0 unspecified atom stereocenters. The van der Waals surface area contributed by atoms with Crippen molar-refractivity contribution >= 4 is 23.8 Å². The number of aromatic nitrogens is 1. The van der Waals surface area contributed by atoms with Gasteiger partial charge in [-0.3, -0.25) is 10.1 Å². The van der Waals surface area contributed by atoms with Crippen molar-refractivity contribution in [3.8, 4) is 0 Å². The van der Waals surface area contributed by atoms with Crippen molar-refractivity contribution in [1.29, 1.82) is 0 Å². The van der Waals surface area contributed by atoms with Gasteiger partial charge in [0.15, 0.2) is 0 Å². The summed E-state index contributed by atoms with van der Waals surface area (Å²) in [6, 6.07) is 6.64. The first-order chi connectivity index (χ1) is 9.95. The van der Waals surface area contributed by atoms with E-state index in [1.165, 1.54) is 6.08 Å². The summed E-state index contributed by atoms with van der Waals surface area (Å²) < 4.78 is 4.92. The van der Waals surface area contributed by atoms with Gasteiger partial charge in [0.25, 0.3) is 5.91 Å². The highest BCUT2D eigenvalue weighted by Gasteiger charge is 2.10. The number of hydrogen-bond acceptors (Lipinski definition) is 4. The molecule has 0 bridgehead atoms. The monoisotopic (exact) mass is 286 g/mol. The van der Waals surface area contributed by atoms with Crippen LogP contribution in [0.15, 0.2) is 34.9 Å². The Morgan fingerprint density at radius 3 is 2.67 bits per heavy atom.